The molecule has 1 aromatic carbocycles. The van der Waals surface area contributed by atoms with Gasteiger partial charge in [0.1, 0.15) is 0 Å². The molecular formula is C11H14O5. The highest BCUT2D eigenvalue weighted by molar-refractivity contribution is 5.67. The van der Waals surface area contributed by atoms with Crippen LogP contribution in [-0.2, 0) is 11.2 Å². The highest BCUT2D eigenvalue weighted by Crippen LogP contribution is 2.37. The van der Waals surface area contributed by atoms with Crippen LogP contribution in [0.15, 0.2) is 12.1 Å². The van der Waals surface area contributed by atoms with Gasteiger partial charge in [0.15, 0.2) is 11.5 Å². The third kappa shape index (κ3) is 2.79. The van der Waals surface area contributed by atoms with Gasteiger partial charge in [-0.1, -0.05) is 0 Å². The van der Waals surface area contributed by atoms with E-state index in [4.69, 9.17) is 14.6 Å². The topological polar surface area (TPSA) is 76.0 Å². The first-order chi connectivity index (χ1) is 7.58. The molecule has 0 bridgehead atoms. The third-order valence-corrected chi connectivity index (χ3v) is 2.17. The number of rotatable bonds is 5. The summed E-state index contributed by atoms with van der Waals surface area (Å²) >= 11 is 0. The number of hydrogen-bond donors (Lipinski definition) is 2. The predicted molar refractivity (Wildman–Crippen MR) is 57.2 cm³/mol. The quantitative estimate of drug-likeness (QED) is 0.794. The predicted octanol–water partition coefficient (Wildman–Crippen LogP) is 1.43. The van der Waals surface area contributed by atoms with E-state index in [1.54, 1.807) is 12.1 Å². The smallest absolute Gasteiger partial charge is 0.303 e. The number of phenols is 1. The van der Waals surface area contributed by atoms with E-state index in [0.717, 1.165) is 5.56 Å². The first kappa shape index (κ1) is 12.2. The second-order valence-corrected chi connectivity index (χ2v) is 3.24. The molecular weight excluding hydrogens is 212 g/mol. The van der Waals surface area contributed by atoms with Crippen LogP contribution in [0, 0.1) is 0 Å². The Morgan fingerprint density at radius 1 is 1.25 bits per heavy atom. The highest BCUT2D eigenvalue weighted by Gasteiger charge is 2.11. The number of methoxy groups -OCH3 is 2. The minimum Gasteiger partial charge on any atom is -0.502 e. The Hall–Kier alpha value is -1.91. The second-order valence-electron chi connectivity index (χ2n) is 3.24. The molecule has 88 valence electrons. The van der Waals surface area contributed by atoms with Crippen LogP contribution < -0.4 is 9.47 Å². The number of phenolic OH excluding ortho intramolecular Hbond substituents is 1. The van der Waals surface area contributed by atoms with Crippen LogP contribution in [0.3, 0.4) is 0 Å². The van der Waals surface area contributed by atoms with Gasteiger partial charge in [-0.05, 0) is 24.1 Å². The van der Waals surface area contributed by atoms with Gasteiger partial charge in [0, 0.05) is 6.42 Å². The fourth-order valence-electron chi connectivity index (χ4n) is 1.34. The van der Waals surface area contributed by atoms with Crippen molar-refractivity contribution in [2.45, 2.75) is 12.8 Å². The van der Waals surface area contributed by atoms with Gasteiger partial charge < -0.3 is 19.7 Å². The molecule has 0 heterocycles. The molecule has 0 saturated heterocycles. The first-order valence-electron chi connectivity index (χ1n) is 4.74. The van der Waals surface area contributed by atoms with Crippen molar-refractivity contribution in [1.29, 1.82) is 0 Å². The van der Waals surface area contributed by atoms with Crippen LogP contribution >= 0.6 is 0 Å². The van der Waals surface area contributed by atoms with E-state index in [1.165, 1.54) is 14.2 Å². The number of carbonyl (C=O) groups is 1. The fraction of sp³-hybridized carbons (Fsp3) is 0.364. The molecule has 0 spiro atoms. The zero-order chi connectivity index (χ0) is 12.1. The Labute approximate surface area is 93.2 Å². The lowest BCUT2D eigenvalue weighted by atomic mass is 10.1. The van der Waals surface area contributed by atoms with Crippen LogP contribution in [0.25, 0.3) is 0 Å². The van der Waals surface area contributed by atoms with Crippen molar-refractivity contribution in [3.63, 3.8) is 0 Å². The van der Waals surface area contributed by atoms with Crippen LogP contribution in [0.5, 0.6) is 17.2 Å². The van der Waals surface area contributed by atoms with E-state index in [0.29, 0.717) is 6.42 Å². The third-order valence-electron chi connectivity index (χ3n) is 2.17. The normalized spacial score (nSPS) is 9.88. The van der Waals surface area contributed by atoms with E-state index in [2.05, 4.69) is 0 Å². The van der Waals surface area contributed by atoms with Gasteiger partial charge >= 0.3 is 5.97 Å². The Balaban J connectivity index is 2.97. The molecule has 0 aliphatic carbocycles. The number of aryl methyl sites for hydroxylation is 1. The van der Waals surface area contributed by atoms with Gasteiger partial charge in [0.05, 0.1) is 14.2 Å². The van der Waals surface area contributed by atoms with E-state index >= 15 is 0 Å². The number of aliphatic carboxylic acids is 1. The van der Waals surface area contributed by atoms with Crippen molar-refractivity contribution in [1.82, 2.24) is 0 Å². The zero-order valence-corrected chi connectivity index (χ0v) is 9.19. The monoisotopic (exact) mass is 226 g/mol. The molecule has 0 atom stereocenters. The van der Waals surface area contributed by atoms with Gasteiger partial charge in [-0.15, -0.1) is 0 Å². The number of aromatic hydroxyl groups is 1. The molecule has 1 aromatic rings. The van der Waals surface area contributed by atoms with Gasteiger partial charge in [0.25, 0.3) is 0 Å². The van der Waals surface area contributed by atoms with Crippen molar-refractivity contribution >= 4 is 5.97 Å². The fourth-order valence-corrected chi connectivity index (χ4v) is 1.34. The second kappa shape index (κ2) is 5.25. The molecule has 0 radical (unpaired) electrons. The average Bonchev–Trinajstić information content (AvgIpc) is 2.27. The van der Waals surface area contributed by atoms with Crippen LogP contribution in [0.1, 0.15) is 12.0 Å². The lowest BCUT2D eigenvalue weighted by Crippen LogP contribution is -1.98. The number of benzene rings is 1. The first-order valence-corrected chi connectivity index (χ1v) is 4.74. The van der Waals surface area contributed by atoms with Gasteiger partial charge in [-0.3, -0.25) is 4.79 Å². The maximum Gasteiger partial charge on any atom is 0.303 e. The lowest BCUT2D eigenvalue weighted by Gasteiger charge is -2.10. The summed E-state index contributed by atoms with van der Waals surface area (Å²) in [6.07, 6.45) is 0.388. The molecule has 16 heavy (non-hydrogen) atoms. The molecule has 0 aliphatic heterocycles. The summed E-state index contributed by atoms with van der Waals surface area (Å²) in [5.41, 5.74) is 0.744. The molecule has 0 amide bonds. The van der Waals surface area contributed by atoms with E-state index in [-0.39, 0.29) is 23.7 Å². The largest absolute Gasteiger partial charge is 0.502 e. The summed E-state index contributed by atoms with van der Waals surface area (Å²) in [4.78, 5) is 10.4. The van der Waals surface area contributed by atoms with Crippen LogP contribution in [0.4, 0.5) is 0 Å². The summed E-state index contributed by atoms with van der Waals surface area (Å²) in [7, 11) is 2.85. The van der Waals surface area contributed by atoms with Gasteiger partial charge in [0.2, 0.25) is 5.75 Å². The van der Waals surface area contributed by atoms with Gasteiger partial charge in [-0.2, -0.15) is 0 Å². The summed E-state index contributed by atoms with van der Waals surface area (Å²) in [6, 6.07) is 3.20. The summed E-state index contributed by atoms with van der Waals surface area (Å²) in [6.45, 7) is 0. The molecule has 0 unspecified atom stereocenters. The van der Waals surface area contributed by atoms with Crippen molar-refractivity contribution in [3.05, 3.63) is 17.7 Å². The summed E-state index contributed by atoms with van der Waals surface area (Å²) in [5, 5.41) is 18.2. The Morgan fingerprint density at radius 2 is 1.75 bits per heavy atom. The Morgan fingerprint density at radius 3 is 2.12 bits per heavy atom. The number of carboxylic acids is 1. The number of carboxylic acid groups (broad SMARTS) is 1. The number of ether oxygens (including phenoxy) is 2. The molecule has 5 heteroatoms. The van der Waals surface area contributed by atoms with Crippen LogP contribution in [0.2, 0.25) is 0 Å². The number of hydrogen-bond acceptors (Lipinski definition) is 4. The van der Waals surface area contributed by atoms with Crippen LogP contribution in [-0.4, -0.2) is 30.4 Å². The van der Waals surface area contributed by atoms with E-state index in [9.17, 15) is 9.90 Å². The lowest BCUT2D eigenvalue weighted by molar-refractivity contribution is -0.136. The molecule has 0 fully saturated rings. The highest BCUT2D eigenvalue weighted by atomic mass is 16.5. The minimum absolute atomic E-state index is 0.0249. The maximum absolute atomic E-state index is 10.4. The molecule has 0 aliphatic rings. The molecule has 1 rings (SSSR count). The minimum atomic E-state index is -0.869. The van der Waals surface area contributed by atoms with Crippen molar-refractivity contribution < 1.29 is 24.5 Å². The summed E-state index contributed by atoms with van der Waals surface area (Å²) < 4.78 is 9.92. The van der Waals surface area contributed by atoms with Crippen molar-refractivity contribution in [2.75, 3.05) is 14.2 Å². The zero-order valence-electron chi connectivity index (χ0n) is 9.19. The summed E-state index contributed by atoms with van der Waals surface area (Å²) in [5.74, 6) is -0.394. The average molecular weight is 226 g/mol. The van der Waals surface area contributed by atoms with Crippen molar-refractivity contribution in [3.8, 4) is 17.2 Å². The molecule has 5 nitrogen and oxygen atoms in total. The van der Waals surface area contributed by atoms with E-state index in [1.807, 2.05) is 0 Å². The molecule has 2 N–H and O–H groups in total. The Bertz CT molecular complexity index is 361. The molecule has 0 aromatic heterocycles. The van der Waals surface area contributed by atoms with E-state index < -0.39 is 5.97 Å². The maximum atomic E-state index is 10.4. The standard InChI is InChI=1S/C11H14O5/c1-15-8-5-7(3-4-10(12)13)6-9(16-2)11(8)14/h5-6,14H,3-4H2,1-2H3,(H,12,13). The SMILES string of the molecule is COc1cc(CCC(=O)O)cc(OC)c1O. The van der Waals surface area contributed by atoms with Gasteiger partial charge in [-0.25, -0.2) is 0 Å². The molecule has 0 saturated carbocycles. The Kier molecular flexibility index (Phi) is 3.99. The van der Waals surface area contributed by atoms with Crippen molar-refractivity contribution in [2.24, 2.45) is 0 Å².